The number of aryl methyl sites for hydroxylation is 1. The first-order valence-electron chi connectivity index (χ1n) is 14.2. The molecule has 45 heavy (non-hydrogen) atoms. The maximum absolute atomic E-state index is 12.9. The third-order valence-electron chi connectivity index (χ3n) is 7.03. The minimum Gasteiger partial charge on any atom is -0.406 e. The number of alkyl halides is 3. The molecule has 1 aliphatic heterocycles. The number of amides is 3. The van der Waals surface area contributed by atoms with Crippen molar-refractivity contribution in [3.05, 3.63) is 89.7 Å². The first kappa shape index (κ1) is 31.8. The van der Waals surface area contributed by atoms with Crippen molar-refractivity contribution < 1.29 is 27.5 Å². The van der Waals surface area contributed by atoms with Crippen LogP contribution in [0.15, 0.2) is 78.0 Å². The van der Waals surface area contributed by atoms with Gasteiger partial charge in [-0.05, 0) is 67.1 Å². The van der Waals surface area contributed by atoms with Crippen LogP contribution in [0.25, 0.3) is 17.1 Å². The van der Waals surface area contributed by atoms with Crippen LogP contribution in [0.3, 0.4) is 0 Å². The number of urea groups is 1. The number of thioether (sulfide) groups is 1. The normalized spacial score (nSPS) is 15.2. The molecule has 1 atom stereocenters. The number of amidine groups is 1. The summed E-state index contributed by atoms with van der Waals surface area (Å²) in [6, 6.07) is 18.0. The van der Waals surface area contributed by atoms with Gasteiger partial charge in [0.25, 0.3) is 0 Å². The van der Waals surface area contributed by atoms with E-state index >= 15 is 0 Å². The Labute approximate surface area is 262 Å². The fourth-order valence-corrected chi connectivity index (χ4v) is 5.81. The Balaban J connectivity index is 1.21. The van der Waals surface area contributed by atoms with Crippen molar-refractivity contribution in [3.63, 3.8) is 0 Å². The van der Waals surface area contributed by atoms with E-state index in [1.54, 1.807) is 4.90 Å². The van der Waals surface area contributed by atoms with E-state index in [4.69, 9.17) is 0 Å². The number of anilines is 1. The number of hydrogen-bond donors (Lipinski definition) is 1. The number of ether oxygens (including phenoxy) is 1. The van der Waals surface area contributed by atoms with E-state index in [0.717, 1.165) is 27.9 Å². The van der Waals surface area contributed by atoms with E-state index in [2.05, 4.69) is 39.0 Å². The lowest BCUT2D eigenvalue weighted by Crippen LogP contribution is -2.35. The second-order valence-corrected chi connectivity index (χ2v) is 11.8. The van der Waals surface area contributed by atoms with E-state index in [-0.39, 0.29) is 29.4 Å². The standard InChI is InChI=1S/C32H31F3N6O3S/c1-19(2)26-7-5-6-20(3)28(26)41-27(42)17-45-31(41)38-30(43)37-21(4)16-22-8-10-23(11-9-22)29-36-18-40(39-29)24-12-14-25(15-13-24)44-32(33,34)35/h5-15,18-19,21H,16-17H2,1-4H3,(H,37,43)/b38-31-/t21-/m0/s1. The second kappa shape index (κ2) is 13.1. The Kier molecular flexibility index (Phi) is 9.28. The molecule has 1 aromatic heterocycles. The topological polar surface area (TPSA) is 102 Å². The van der Waals surface area contributed by atoms with Crippen molar-refractivity contribution in [2.45, 2.75) is 52.4 Å². The fraction of sp³-hybridized carbons (Fsp3) is 0.281. The minimum atomic E-state index is -4.76. The molecule has 3 aromatic carbocycles. The van der Waals surface area contributed by atoms with E-state index in [9.17, 15) is 22.8 Å². The molecular weight excluding hydrogens is 605 g/mol. The number of aliphatic imine (C=N–C) groups is 1. The molecule has 0 unspecified atom stereocenters. The van der Waals surface area contributed by atoms with Crippen LogP contribution in [0.4, 0.5) is 23.7 Å². The summed E-state index contributed by atoms with van der Waals surface area (Å²) in [5.41, 5.74) is 4.99. The third kappa shape index (κ3) is 7.72. The summed E-state index contributed by atoms with van der Waals surface area (Å²) in [6.45, 7) is 7.96. The number of para-hydroxylation sites is 1. The summed E-state index contributed by atoms with van der Waals surface area (Å²) in [4.78, 5) is 35.9. The Morgan fingerprint density at radius 2 is 1.78 bits per heavy atom. The average Bonchev–Trinajstić information content (AvgIpc) is 3.60. The monoisotopic (exact) mass is 636 g/mol. The number of carbonyl (C=O) groups is 2. The summed E-state index contributed by atoms with van der Waals surface area (Å²) in [5, 5.41) is 7.69. The molecule has 1 saturated heterocycles. The summed E-state index contributed by atoms with van der Waals surface area (Å²) < 4.78 is 42.6. The highest BCUT2D eigenvalue weighted by Gasteiger charge is 2.33. The quantitative estimate of drug-likeness (QED) is 0.223. The van der Waals surface area contributed by atoms with Crippen LogP contribution in [-0.2, 0) is 11.2 Å². The summed E-state index contributed by atoms with van der Waals surface area (Å²) >= 11 is 1.25. The van der Waals surface area contributed by atoms with Crippen molar-refractivity contribution >= 4 is 34.6 Å². The maximum Gasteiger partial charge on any atom is 0.573 e. The van der Waals surface area contributed by atoms with Gasteiger partial charge in [0.2, 0.25) is 5.91 Å². The molecule has 1 fully saturated rings. The van der Waals surface area contributed by atoms with Crippen LogP contribution in [0.1, 0.15) is 43.4 Å². The molecule has 0 bridgehead atoms. The number of hydrogen-bond acceptors (Lipinski definition) is 6. The van der Waals surface area contributed by atoms with Gasteiger partial charge >= 0.3 is 12.4 Å². The fourth-order valence-electron chi connectivity index (χ4n) is 4.96. The van der Waals surface area contributed by atoms with Crippen molar-refractivity contribution in [3.8, 4) is 22.8 Å². The zero-order chi connectivity index (χ0) is 32.3. The van der Waals surface area contributed by atoms with Crippen LogP contribution >= 0.6 is 11.8 Å². The minimum absolute atomic E-state index is 0.108. The number of halogens is 3. The van der Waals surface area contributed by atoms with Crippen LogP contribution in [-0.4, -0.2) is 50.0 Å². The Hall–Kier alpha value is -4.65. The lowest BCUT2D eigenvalue weighted by Gasteiger charge is -2.24. The van der Waals surface area contributed by atoms with Gasteiger partial charge in [-0.25, -0.2) is 14.5 Å². The van der Waals surface area contributed by atoms with Gasteiger partial charge < -0.3 is 10.1 Å². The average molecular weight is 637 g/mol. The van der Waals surface area contributed by atoms with Crippen molar-refractivity contribution in [1.29, 1.82) is 0 Å². The summed E-state index contributed by atoms with van der Waals surface area (Å²) in [5.74, 6) is 0.419. The number of rotatable bonds is 8. The molecule has 2 heterocycles. The number of carbonyl (C=O) groups excluding carboxylic acids is 2. The van der Waals surface area contributed by atoms with Crippen LogP contribution in [0.2, 0.25) is 0 Å². The highest BCUT2D eigenvalue weighted by molar-refractivity contribution is 8.15. The molecule has 0 saturated carbocycles. The highest BCUT2D eigenvalue weighted by Crippen LogP contribution is 2.36. The van der Waals surface area contributed by atoms with Gasteiger partial charge in [0.05, 0.1) is 17.1 Å². The highest BCUT2D eigenvalue weighted by atomic mass is 32.2. The third-order valence-corrected chi connectivity index (χ3v) is 7.95. The number of aromatic nitrogens is 3. The maximum atomic E-state index is 12.9. The molecule has 3 amide bonds. The Morgan fingerprint density at radius 1 is 1.07 bits per heavy atom. The van der Waals surface area contributed by atoms with Crippen LogP contribution < -0.4 is 15.0 Å². The molecule has 0 aliphatic carbocycles. The smallest absolute Gasteiger partial charge is 0.406 e. The lowest BCUT2D eigenvalue weighted by molar-refractivity contribution is -0.274. The molecule has 0 spiro atoms. The first-order valence-corrected chi connectivity index (χ1v) is 15.2. The van der Waals surface area contributed by atoms with E-state index in [0.29, 0.717) is 23.1 Å². The van der Waals surface area contributed by atoms with E-state index in [1.165, 1.54) is 47.0 Å². The SMILES string of the molecule is Cc1cccc(C(C)C)c1N1C(=O)CS/C1=N\C(=O)N[C@@H](C)Cc1ccc(-c2ncn(-c3ccc(OC(F)(F)F)cc3)n2)cc1. The lowest BCUT2D eigenvalue weighted by atomic mass is 9.97. The molecule has 4 aromatic rings. The number of benzene rings is 3. The van der Waals surface area contributed by atoms with Crippen molar-refractivity contribution in [2.24, 2.45) is 4.99 Å². The van der Waals surface area contributed by atoms with Gasteiger partial charge in [0.15, 0.2) is 11.0 Å². The number of nitrogens with one attached hydrogen (secondary N) is 1. The van der Waals surface area contributed by atoms with Gasteiger partial charge in [-0.2, -0.15) is 4.99 Å². The molecule has 234 valence electrons. The summed E-state index contributed by atoms with van der Waals surface area (Å²) in [6.07, 6.45) is -2.75. The zero-order valence-corrected chi connectivity index (χ0v) is 25.8. The zero-order valence-electron chi connectivity index (χ0n) is 25.0. The molecular formula is C32H31F3N6O3S. The van der Waals surface area contributed by atoms with Crippen LogP contribution in [0.5, 0.6) is 5.75 Å². The van der Waals surface area contributed by atoms with Gasteiger partial charge in [-0.1, -0.05) is 68.1 Å². The largest absolute Gasteiger partial charge is 0.573 e. The summed E-state index contributed by atoms with van der Waals surface area (Å²) in [7, 11) is 0. The molecule has 1 N–H and O–H groups in total. The van der Waals surface area contributed by atoms with Gasteiger partial charge in [0, 0.05) is 11.6 Å². The van der Waals surface area contributed by atoms with Gasteiger partial charge in [-0.3, -0.25) is 9.69 Å². The predicted octanol–water partition coefficient (Wildman–Crippen LogP) is 7.04. The Morgan fingerprint density at radius 3 is 2.44 bits per heavy atom. The first-order chi connectivity index (χ1) is 21.4. The van der Waals surface area contributed by atoms with E-state index in [1.807, 2.05) is 56.3 Å². The van der Waals surface area contributed by atoms with Crippen molar-refractivity contribution in [2.75, 3.05) is 10.7 Å². The Bertz CT molecular complexity index is 1720. The molecule has 13 heteroatoms. The molecule has 9 nitrogen and oxygen atoms in total. The predicted molar refractivity (Wildman–Crippen MR) is 168 cm³/mol. The molecule has 1 aliphatic rings. The second-order valence-electron chi connectivity index (χ2n) is 10.9. The number of nitrogens with zero attached hydrogens (tertiary/aromatic N) is 5. The van der Waals surface area contributed by atoms with Crippen LogP contribution in [0, 0.1) is 6.92 Å². The van der Waals surface area contributed by atoms with Crippen molar-refractivity contribution in [1.82, 2.24) is 20.1 Å². The van der Waals surface area contributed by atoms with E-state index < -0.39 is 12.4 Å². The molecule has 0 radical (unpaired) electrons. The van der Waals surface area contributed by atoms with Gasteiger partial charge in [-0.15, -0.1) is 18.3 Å². The van der Waals surface area contributed by atoms with Gasteiger partial charge in [0.1, 0.15) is 12.1 Å². The molecule has 5 rings (SSSR count).